The molecule has 5 heteroatoms. The van der Waals surface area contributed by atoms with E-state index in [-0.39, 0.29) is 25.2 Å². The Hall–Kier alpha value is -0.697. The Morgan fingerprint density at radius 3 is 2.67 bits per heavy atom. The van der Waals surface area contributed by atoms with Gasteiger partial charge in [-0.05, 0) is 6.07 Å². The zero-order valence-corrected chi connectivity index (χ0v) is 7.63. The number of H-pyrrole nitrogens is 1. The average molecular weight is 177 g/mol. The van der Waals surface area contributed by atoms with Crippen LogP contribution < -0.4 is 0 Å². The van der Waals surface area contributed by atoms with Crippen molar-refractivity contribution < 1.29 is 29.4 Å². The number of nitrogens with one attached hydrogen (secondary N) is 1. The van der Waals surface area contributed by atoms with Gasteiger partial charge in [-0.3, -0.25) is 5.10 Å². The van der Waals surface area contributed by atoms with Gasteiger partial charge in [0.1, 0.15) is 5.69 Å². The van der Waals surface area contributed by atoms with E-state index < -0.39 is 5.97 Å². The summed E-state index contributed by atoms with van der Waals surface area (Å²) in [4.78, 5) is 9.99. The summed E-state index contributed by atoms with van der Waals surface area (Å²) in [6.45, 7) is 0. The maximum Gasteiger partial charge on any atom is 0.353 e. The molecule has 0 aromatic carbocycles. The molecule has 0 aliphatic rings. The quantitative estimate of drug-likeness (QED) is 0.598. The van der Waals surface area contributed by atoms with Gasteiger partial charge in [0.05, 0.1) is 0 Å². The summed E-state index contributed by atoms with van der Waals surface area (Å²) in [6, 6.07) is 1.39. The van der Waals surface area contributed by atoms with E-state index in [1.807, 2.05) is 0 Å². The Bertz CT molecular complexity index is 184. The van der Waals surface area contributed by atoms with E-state index in [1.165, 1.54) is 12.3 Å². The molecule has 9 heavy (non-hydrogen) atoms. The molecule has 0 aliphatic carbocycles. The van der Waals surface area contributed by atoms with Crippen molar-refractivity contribution >= 4 is 5.97 Å². The van der Waals surface area contributed by atoms with Gasteiger partial charge in [0.25, 0.3) is 0 Å². The first-order chi connectivity index (χ1) is 3.80. The summed E-state index contributed by atoms with van der Waals surface area (Å²) in [5, 5.41) is 13.9. The Morgan fingerprint density at radius 2 is 2.44 bits per heavy atom. The summed E-state index contributed by atoms with van der Waals surface area (Å²) in [5.74, 6) is -0.984. The molecule has 0 aliphatic heterocycles. The monoisotopic (exact) mass is 176 g/mol. The van der Waals surface area contributed by atoms with Crippen LogP contribution in [-0.4, -0.2) is 21.3 Å². The van der Waals surface area contributed by atoms with E-state index in [0.717, 1.165) is 0 Å². The minimum absolute atomic E-state index is 0. The molecule has 0 bridgehead atoms. The van der Waals surface area contributed by atoms with E-state index >= 15 is 0 Å². The Morgan fingerprint density at radius 1 is 1.78 bits per heavy atom. The van der Waals surface area contributed by atoms with Crippen LogP contribution in [0.2, 0.25) is 0 Å². The Kier molecular flexibility index (Phi) is 3.09. The zero-order valence-electron chi connectivity index (χ0n) is 4.66. The molecule has 0 unspecified atom stereocenters. The molecule has 1 aromatic heterocycles. The van der Waals surface area contributed by atoms with Crippen molar-refractivity contribution in [2.24, 2.45) is 0 Å². The summed E-state index contributed by atoms with van der Waals surface area (Å²) in [6.07, 6.45) is 1.39. The van der Waals surface area contributed by atoms with Crippen molar-refractivity contribution in [2.75, 3.05) is 0 Å². The van der Waals surface area contributed by atoms with Crippen LogP contribution in [0.1, 0.15) is 10.5 Å². The molecule has 1 heterocycles. The first-order valence-corrected chi connectivity index (χ1v) is 2.03. The molecule has 44 valence electrons. The number of carboxylic acid groups (broad SMARTS) is 1. The predicted molar refractivity (Wildman–Crippen MR) is 25.5 cm³/mol. The second-order valence-corrected chi connectivity index (χ2v) is 1.28. The van der Waals surface area contributed by atoms with Gasteiger partial charge < -0.3 is 5.11 Å². The number of nitrogens with zero attached hydrogens (tertiary/aromatic N) is 1. The largest absolute Gasteiger partial charge is 0.477 e. The third-order valence-electron chi connectivity index (χ3n) is 0.731. The van der Waals surface area contributed by atoms with Gasteiger partial charge in [-0.25, -0.2) is 4.79 Å². The van der Waals surface area contributed by atoms with Crippen molar-refractivity contribution in [3.05, 3.63) is 18.0 Å². The number of carboxylic acids is 1. The van der Waals surface area contributed by atoms with Crippen LogP contribution in [0.4, 0.5) is 0 Å². The van der Waals surface area contributed by atoms with Crippen LogP contribution in [0.25, 0.3) is 0 Å². The number of aromatic carboxylic acids is 1. The Balaban J connectivity index is 0.000000640. The van der Waals surface area contributed by atoms with Crippen molar-refractivity contribution in [1.29, 1.82) is 0 Å². The molecule has 0 saturated carbocycles. The molecular formula is C4H4N2O2Zn. The van der Waals surface area contributed by atoms with Crippen molar-refractivity contribution in [2.45, 2.75) is 0 Å². The topological polar surface area (TPSA) is 66.0 Å². The van der Waals surface area contributed by atoms with Crippen molar-refractivity contribution in [1.82, 2.24) is 10.2 Å². The third kappa shape index (κ3) is 1.93. The second kappa shape index (κ2) is 3.35. The van der Waals surface area contributed by atoms with Gasteiger partial charge in [0.2, 0.25) is 0 Å². The molecule has 0 radical (unpaired) electrons. The number of rotatable bonds is 1. The van der Waals surface area contributed by atoms with E-state index in [0.29, 0.717) is 0 Å². The molecular weight excluding hydrogens is 173 g/mol. The van der Waals surface area contributed by atoms with Gasteiger partial charge in [0.15, 0.2) is 0 Å². The molecule has 0 atom stereocenters. The zero-order chi connectivity index (χ0) is 5.98. The van der Waals surface area contributed by atoms with E-state index in [4.69, 9.17) is 5.11 Å². The SMILES string of the molecule is O=C(O)c1ccn[nH]1.[Zn]. The molecule has 0 spiro atoms. The molecule has 0 amide bonds. The number of carbonyl (C=O) groups is 1. The summed E-state index contributed by atoms with van der Waals surface area (Å²) in [7, 11) is 0. The second-order valence-electron chi connectivity index (χ2n) is 1.28. The predicted octanol–water partition coefficient (Wildman–Crippen LogP) is 0.105. The summed E-state index contributed by atoms with van der Waals surface area (Å²) in [5.41, 5.74) is 0.116. The minimum Gasteiger partial charge on any atom is -0.477 e. The summed E-state index contributed by atoms with van der Waals surface area (Å²) < 4.78 is 0. The normalized spacial score (nSPS) is 8.00. The fourth-order valence-corrected chi connectivity index (χ4v) is 0.375. The molecule has 0 saturated heterocycles. The van der Waals surface area contributed by atoms with E-state index in [1.54, 1.807) is 0 Å². The fraction of sp³-hybridized carbons (Fsp3) is 0. The molecule has 0 fully saturated rings. The minimum atomic E-state index is -0.984. The number of aromatic amines is 1. The van der Waals surface area contributed by atoms with E-state index in [2.05, 4.69) is 10.2 Å². The van der Waals surface area contributed by atoms with Gasteiger partial charge in [0, 0.05) is 25.7 Å². The first kappa shape index (κ1) is 8.30. The fourth-order valence-electron chi connectivity index (χ4n) is 0.375. The van der Waals surface area contributed by atoms with Crippen LogP contribution in [0.15, 0.2) is 12.3 Å². The number of hydrogen-bond acceptors (Lipinski definition) is 2. The molecule has 2 N–H and O–H groups in total. The maximum atomic E-state index is 9.99. The van der Waals surface area contributed by atoms with Crippen LogP contribution in [-0.2, 0) is 19.5 Å². The van der Waals surface area contributed by atoms with Crippen LogP contribution >= 0.6 is 0 Å². The van der Waals surface area contributed by atoms with Gasteiger partial charge >= 0.3 is 5.97 Å². The van der Waals surface area contributed by atoms with E-state index in [9.17, 15) is 4.79 Å². The molecule has 4 nitrogen and oxygen atoms in total. The average Bonchev–Trinajstić information content (AvgIpc) is 2.12. The third-order valence-corrected chi connectivity index (χ3v) is 0.731. The smallest absolute Gasteiger partial charge is 0.353 e. The standard InChI is InChI=1S/C4H4N2O2.Zn/c7-4(8)3-1-2-5-6-3;/h1-2H,(H,5,6)(H,7,8);. The van der Waals surface area contributed by atoms with Crippen LogP contribution in [0.5, 0.6) is 0 Å². The van der Waals surface area contributed by atoms with Gasteiger partial charge in [-0.15, -0.1) is 0 Å². The maximum absolute atomic E-state index is 9.99. The summed E-state index contributed by atoms with van der Waals surface area (Å²) >= 11 is 0. The van der Waals surface area contributed by atoms with Crippen molar-refractivity contribution in [3.63, 3.8) is 0 Å². The van der Waals surface area contributed by atoms with Crippen molar-refractivity contribution in [3.8, 4) is 0 Å². The van der Waals surface area contributed by atoms with Crippen LogP contribution in [0, 0.1) is 0 Å². The Labute approximate surface area is 64.0 Å². The van der Waals surface area contributed by atoms with Gasteiger partial charge in [-0.2, -0.15) is 5.10 Å². The molecule has 1 aromatic rings. The van der Waals surface area contributed by atoms with Crippen LogP contribution in [0.3, 0.4) is 0 Å². The molecule has 1 rings (SSSR count). The number of aromatic nitrogens is 2. The number of hydrogen-bond donors (Lipinski definition) is 2. The first-order valence-electron chi connectivity index (χ1n) is 2.03. The van der Waals surface area contributed by atoms with Gasteiger partial charge in [-0.1, -0.05) is 0 Å².